The molecule has 0 atom stereocenters. The molecule has 0 aromatic heterocycles. The molecule has 0 saturated carbocycles. The average molecular weight is 327 g/mol. The van der Waals surface area contributed by atoms with Gasteiger partial charge in [-0.1, -0.05) is 5.47 Å². The lowest BCUT2D eigenvalue weighted by Crippen LogP contribution is -2.67. The largest absolute Gasteiger partial charge is 0.506 e. The molecule has 0 aliphatic carbocycles. The first-order valence-corrected chi connectivity index (χ1v) is 7.93. The third-order valence-corrected chi connectivity index (χ3v) is 3.84. The fraction of sp³-hybridized carbons (Fsp3) is 0.471. The summed E-state index contributed by atoms with van der Waals surface area (Å²) in [5, 5.41) is 24.7. The van der Waals surface area contributed by atoms with Gasteiger partial charge in [0.2, 0.25) is 0 Å². The molecular weight excluding hydrogens is 301 g/mol. The number of rotatable bonds is 2. The minimum Gasteiger partial charge on any atom is -0.506 e. The molecule has 24 heavy (non-hydrogen) atoms. The van der Waals surface area contributed by atoms with Crippen molar-refractivity contribution in [1.82, 2.24) is 15.5 Å². The van der Waals surface area contributed by atoms with Crippen LogP contribution in [0.25, 0.3) is 0 Å². The number of amidine groups is 1. The molecule has 1 fully saturated rings. The predicted molar refractivity (Wildman–Crippen MR) is 98.6 cm³/mol. The molecule has 0 aromatic rings. The first kappa shape index (κ1) is 18.2. The van der Waals surface area contributed by atoms with Gasteiger partial charge in [0, 0.05) is 24.2 Å². The Bertz CT molecular complexity index is 642. The van der Waals surface area contributed by atoms with Crippen LogP contribution in [-0.4, -0.2) is 47.9 Å². The van der Waals surface area contributed by atoms with E-state index in [4.69, 9.17) is 19.0 Å². The zero-order chi connectivity index (χ0) is 18.1. The van der Waals surface area contributed by atoms with E-state index in [1.165, 1.54) is 6.08 Å². The molecule has 128 valence electrons. The maximum Gasteiger partial charge on any atom is 0.140 e. The van der Waals surface area contributed by atoms with Crippen LogP contribution in [0.1, 0.15) is 27.7 Å². The Morgan fingerprint density at radius 2 is 1.88 bits per heavy atom. The summed E-state index contributed by atoms with van der Waals surface area (Å²) in [6.07, 6.45) is 6.25. The van der Waals surface area contributed by atoms with Gasteiger partial charge in [-0.25, -0.2) is 0 Å². The van der Waals surface area contributed by atoms with Crippen molar-refractivity contribution in [3.8, 4) is 0 Å². The van der Waals surface area contributed by atoms with Gasteiger partial charge in [0.15, 0.2) is 0 Å². The van der Waals surface area contributed by atoms with Gasteiger partial charge in [-0.15, -0.1) is 0 Å². The Labute approximate surface area is 145 Å². The second-order valence-corrected chi connectivity index (χ2v) is 7.62. The minimum absolute atomic E-state index is 0.0203. The number of nitrogens with one attached hydrogen (secondary N) is 3. The van der Waals surface area contributed by atoms with E-state index < -0.39 is 0 Å². The number of aliphatic hydroxyl groups is 1. The molecule has 0 aromatic carbocycles. The fourth-order valence-electron chi connectivity index (χ4n) is 3.27. The van der Waals surface area contributed by atoms with Crippen molar-refractivity contribution in [1.29, 1.82) is 5.41 Å². The first-order chi connectivity index (χ1) is 11.0. The number of nitrogens with two attached hydrogens (primary N) is 1. The number of hydrogen-bond donors (Lipinski definition) is 5. The molecule has 2 aliphatic rings. The molecule has 7 heteroatoms. The van der Waals surface area contributed by atoms with Crippen molar-refractivity contribution in [2.45, 2.75) is 38.8 Å². The first-order valence-electron chi connectivity index (χ1n) is 7.93. The van der Waals surface area contributed by atoms with E-state index >= 15 is 0 Å². The van der Waals surface area contributed by atoms with Crippen LogP contribution in [-0.2, 0) is 0 Å². The van der Waals surface area contributed by atoms with Crippen LogP contribution in [0.5, 0.6) is 0 Å². The number of nitrogens with zero attached hydrogens (tertiary/aromatic N) is 1. The smallest absolute Gasteiger partial charge is 0.140 e. The van der Waals surface area contributed by atoms with Gasteiger partial charge in [-0.3, -0.25) is 5.41 Å². The van der Waals surface area contributed by atoms with E-state index in [2.05, 4.69) is 38.3 Å². The molecule has 2 aliphatic heterocycles. The van der Waals surface area contributed by atoms with Crippen molar-refractivity contribution in [2.24, 2.45) is 5.73 Å². The molecule has 2 heterocycles. The lowest BCUT2D eigenvalue weighted by Gasteiger charge is -2.48. The number of aliphatic hydroxyl groups excluding tert-OH is 1. The van der Waals surface area contributed by atoms with Gasteiger partial charge >= 0.3 is 0 Å². The molecule has 0 amide bonds. The van der Waals surface area contributed by atoms with E-state index in [1.54, 1.807) is 18.4 Å². The quantitative estimate of drug-likeness (QED) is 0.298. The Morgan fingerprint density at radius 1 is 1.29 bits per heavy atom. The highest BCUT2D eigenvalue weighted by Crippen LogP contribution is 2.21. The summed E-state index contributed by atoms with van der Waals surface area (Å²) in [5.41, 5.74) is 6.98. The molecule has 0 spiro atoms. The number of dihydropyridines is 1. The summed E-state index contributed by atoms with van der Waals surface area (Å²) in [7, 11) is 5.59. The van der Waals surface area contributed by atoms with Crippen LogP contribution in [0.3, 0.4) is 0 Å². The van der Waals surface area contributed by atoms with E-state index in [0.717, 1.165) is 13.1 Å². The van der Waals surface area contributed by atoms with Crippen LogP contribution in [0.4, 0.5) is 0 Å². The van der Waals surface area contributed by atoms with Gasteiger partial charge in [0.25, 0.3) is 0 Å². The molecule has 1 saturated heterocycles. The van der Waals surface area contributed by atoms with E-state index in [0.29, 0.717) is 22.7 Å². The highest BCUT2D eigenvalue weighted by molar-refractivity contribution is 6.23. The topological polar surface area (TPSA) is 97.4 Å². The lowest BCUT2D eigenvalue weighted by atomic mass is 9.91. The normalized spacial score (nSPS) is 24.9. The second-order valence-electron chi connectivity index (χ2n) is 7.62. The standard InChI is InChI=1S/C17H26BN5O/c1-16(2)9-23(10-17(3,4)22-16)14(20)6-5-12(19)15-13(24)7-11(18)8-21-15/h5-8,20-22,24H,9-10,19H2,1-4H3/b6-5-,15-12+,20-14?. The SMILES string of the molecule is [B]C1=CN/C(=C(N)\C=C/C(=N)N2CC(C)(C)NC(C)(C)C2)C(O)=C1. The van der Waals surface area contributed by atoms with Gasteiger partial charge in [-0.2, -0.15) is 0 Å². The summed E-state index contributed by atoms with van der Waals surface area (Å²) in [6, 6.07) is 0. The zero-order valence-electron chi connectivity index (χ0n) is 14.8. The Hall–Kier alpha value is -2.15. The maximum atomic E-state index is 9.89. The third-order valence-electron chi connectivity index (χ3n) is 3.84. The highest BCUT2D eigenvalue weighted by atomic mass is 16.3. The summed E-state index contributed by atoms with van der Waals surface area (Å²) in [6.45, 7) is 9.97. The van der Waals surface area contributed by atoms with Gasteiger partial charge < -0.3 is 26.4 Å². The zero-order valence-corrected chi connectivity index (χ0v) is 14.8. The van der Waals surface area contributed by atoms with Crippen molar-refractivity contribution in [3.63, 3.8) is 0 Å². The Kier molecular flexibility index (Phi) is 4.85. The monoisotopic (exact) mass is 327 g/mol. The van der Waals surface area contributed by atoms with Crippen molar-refractivity contribution in [3.05, 3.63) is 47.1 Å². The Morgan fingerprint density at radius 3 is 2.42 bits per heavy atom. The Balaban J connectivity index is 2.12. The average Bonchev–Trinajstić information content (AvgIpc) is 2.41. The van der Waals surface area contributed by atoms with Crippen LogP contribution in [0.15, 0.2) is 47.1 Å². The van der Waals surface area contributed by atoms with Crippen LogP contribution >= 0.6 is 0 Å². The van der Waals surface area contributed by atoms with E-state index in [-0.39, 0.29) is 16.8 Å². The highest BCUT2D eigenvalue weighted by Gasteiger charge is 2.36. The predicted octanol–water partition coefficient (Wildman–Crippen LogP) is 1.21. The molecule has 6 nitrogen and oxygen atoms in total. The number of allylic oxidation sites excluding steroid dienone is 3. The molecule has 2 radical (unpaired) electrons. The van der Waals surface area contributed by atoms with Gasteiger partial charge in [0.1, 0.15) is 25.1 Å². The van der Waals surface area contributed by atoms with Crippen LogP contribution in [0, 0.1) is 5.41 Å². The molecule has 6 N–H and O–H groups in total. The van der Waals surface area contributed by atoms with Crippen LogP contribution in [0.2, 0.25) is 0 Å². The van der Waals surface area contributed by atoms with Crippen molar-refractivity contribution >= 4 is 13.7 Å². The van der Waals surface area contributed by atoms with Crippen LogP contribution < -0.4 is 16.4 Å². The van der Waals surface area contributed by atoms with Gasteiger partial charge in [0.05, 0.1) is 5.70 Å². The van der Waals surface area contributed by atoms with E-state index in [9.17, 15) is 5.11 Å². The second kappa shape index (κ2) is 6.40. The summed E-state index contributed by atoms with van der Waals surface area (Å²) in [4.78, 5) is 2.02. The van der Waals surface area contributed by atoms with Crippen molar-refractivity contribution < 1.29 is 5.11 Å². The summed E-state index contributed by atoms with van der Waals surface area (Å²) >= 11 is 0. The van der Waals surface area contributed by atoms with Crippen molar-refractivity contribution in [2.75, 3.05) is 13.1 Å². The molecule has 0 bridgehead atoms. The fourth-order valence-corrected chi connectivity index (χ4v) is 3.27. The van der Waals surface area contributed by atoms with E-state index in [1.807, 2.05) is 4.90 Å². The summed E-state index contributed by atoms with van der Waals surface area (Å²) < 4.78 is 0. The maximum absolute atomic E-state index is 9.89. The van der Waals surface area contributed by atoms with Gasteiger partial charge in [-0.05, 0) is 52.1 Å². The third kappa shape index (κ3) is 4.44. The minimum atomic E-state index is -0.0832. The summed E-state index contributed by atoms with van der Waals surface area (Å²) in [5.74, 6) is 0.364. The number of hydrogen-bond acceptors (Lipinski definition) is 5. The molecular formula is C17H26BN5O. The molecule has 0 unspecified atom stereocenters. The lowest BCUT2D eigenvalue weighted by molar-refractivity contribution is 0.128. The molecule has 2 rings (SSSR count). The number of piperazine rings is 1.